The Morgan fingerprint density at radius 3 is 2.50 bits per heavy atom. The summed E-state index contributed by atoms with van der Waals surface area (Å²) in [5.41, 5.74) is 6.74. The summed E-state index contributed by atoms with van der Waals surface area (Å²) >= 11 is 0. The van der Waals surface area contributed by atoms with Crippen molar-refractivity contribution in [3.8, 4) is 0 Å². The lowest BCUT2D eigenvalue weighted by Crippen LogP contribution is -2.34. The molecule has 2 N–H and O–H groups in total. The van der Waals surface area contributed by atoms with E-state index in [1.165, 1.54) is 25.7 Å². The molecule has 1 saturated carbocycles. The van der Waals surface area contributed by atoms with E-state index in [2.05, 4.69) is 20.4 Å². The Bertz CT molecular complexity index is 174. The lowest BCUT2D eigenvalue weighted by molar-refractivity contribution is 0.170. The van der Waals surface area contributed by atoms with Crippen LogP contribution in [0.5, 0.6) is 0 Å². The molecule has 0 amide bonds. The van der Waals surface area contributed by atoms with Crippen molar-refractivity contribution in [3.63, 3.8) is 0 Å². The van der Waals surface area contributed by atoms with Crippen LogP contribution in [0.15, 0.2) is 12.7 Å². The fraction of sp³-hybridized carbons (Fsp3) is 0.846. The minimum atomic E-state index is 0.407. The lowest BCUT2D eigenvalue weighted by Gasteiger charge is -2.36. The predicted molar refractivity (Wildman–Crippen MR) is 63.1 cm³/mol. The van der Waals surface area contributed by atoms with Crippen molar-refractivity contribution in [2.75, 3.05) is 0 Å². The van der Waals surface area contributed by atoms with E-state index >= 15 is 0 Å². The molecule has 0 spiro atoms. The molecule has 0 aliphatic heterocycles. The van der Waals surface area contributed by atoms with E-state index in [9.17, 15) is 0 Å². The molecule has 1 atom stereocenters. The van der Waals surface area contributed by atoms with E-state index in [0.717, 1.165) is 18.8 Å². The van der Waals surface area contributed by atoms with Crippen LogP contribution < -0.4 is 5.73 Å². The molecule has 1 rings (SSSR count). The summed E-state index contributed by atoms with van der Waals surface area (Å²) in [6.45, 7) is 8.49. The van der Waals surface area contributed by atoms with Crippen molar-refractivity contribution >= 4 is 0 Å². The molecule has 1 unspecified atom stereocenters. The molecule has 82 valence electrons. The van der Waals surface area contributed by atoms with Crippen LogP contribution in [-0.2, 0) is 0 Å². The minimum absolute atomic E-state index is 0.407. The molecule has 0 bridgehead atoms. The van der Waals surface area contributed by atoms with Gasteiger partial charge in [-0.2, -0.15) is 0 Å². The summed E-state index contributed by atoms with van der Waals surface area (Å²) < 4.78 is 0. The average Bonchev–Trinajstić information content (AvgIpc) is 2.14. The number of allylic oxidation sites excluding steroid dienone is 1. The molecule has 14 heavy (non-hydrogen) atoms. The molecule has 0 aromatic heterocycles. The monoisotopic (exact) mass is 195 g/mol. The second kappa shape index (κ2) is 4.97. The third-order valence-corrected chi connectivity index (χ3v) is 3.69. The van der Waals surface area contributed by atoms with Gasteiger partial charge in [-0.1, -0.05) is 19.9 Å². The van der Waals surface area contributed by atoms with Crippen molar-refractivity contribution < 1.29 is 0 Å². The fourth-order valence-electron chi connectivity index (χ4n) is 2.40. The second-order valence-electron chi connectivity index (χ2n) is 5.53. The predicted octanol–water partition coefficient (Wildman–Crippen LogP) is 3.50. The van der Waals surface area contributed by atoms with Crippen LogP contribution in [-0.4, -0.2) is 6.04 Å². The van der Waals surface area contributed by atoms with Crippen molar-refractivity contribution in [3.05, 3.63) is 12.7 Å². The Hall–Kier alpha value is -0.300. The molecule has 1 aliphatic rings. The van der Waals surface area contributed by atoms with Gasteiger partial charge in [-0.3, -0.25) is 0 Å². The van der Waals surface area contributed by atoms with Gasteiger partial charge in [0, 0.05) is 6.04 Å². The van der Waals surface area contributed by atoms with Crippen LogP contribution in [0.25, 0.3) is 0 Å². The van der Waals surface area contributed by atoms with Gasteiger partial charge in [0.2, 0.25) is 0 Å². The third-order valence-electron chi connectivity index (χ3n) is 3.69. The molecule has 0 saturated heterocycles. The Morgan fingerprint density at radius 1 is 1.43 bits per heavy atom. The van der Waals surface area contributed by atoms with Crippen LogP contribution in [0, 0.1) is 11.3 Å². The van der Waals surface area contributed by atoms with Crippen molar-refractivity contribution in [2.45, 2.75) is 58.4 Å². The molecule has 1 heteroatoms. The normalized spacial score (nSPS) is 24.5. The van der Waals surface area contributed by atoms with E-state index in [1.54, 1.807) is 0 Å². The van der Waals surface area contributed by atoms with Gasteiger partial charge in [-0.15, -0.1) is 6.58 Å². The van der Waals surface area contributed by atoms with Crippen LogP contribution in [0.4, 0.5) is 0 Å². The molecule has 0 radical (unpaired) electrons. The van der Waals surface area contributed by atoms with Crippen molar-refractivity contribution in [1.82, 2.24) is 0 Å². The number of hydrogen-bond donors (Lipinski definition) is 1. The molecule has 1 aliphatic carbocycles. The quantitative estimate of drug-likeness (QED) is 0.683. The van der Waals surface area contributed by atoms with Crippen LogP contribution >= 0.6 is 0 Å². The van der Waals surface area contributed by atoms with E-state index in [1.807, 2.05) is 6.08 Å². The summed E-state index contributed by atoms with van der Waals surface area (Å²) in [5, 5.41) is 0. The first kappa shape index (κ1) is 11.8. The van der Waals surface area contributed by atoms with Crippen molar-refractivity contribution in [1.29, 1.82) is 0 Å². The summed E-state index contributed by atoms with van der Waals surface area (Å²) in [4.78, 5) is 0. The average molecular weight is 195 g/mol. The highest BCUT2D eigenvalue weighted by atomic mass is 14.6. The maximum Gasteiger partial charge on any atom is 0.00701 e. The first-order valence-corrected chi connectivity index (χ1v) is 5.92. The molecule has 1 fully saturated rings. The zero-order valence-corrected chi connectivity index (χ0v) is 9.76. The van der Waals surface area contributed by atoms with Gasteiger partial charge >= 0.3 is 0 Å². The first-order valence-electron chi connectivity index (χ1n) is 5.92. The highest BCUT2D eigenvalue weighted by Gasteiger charge is 2.29. The maximum absolute atomic E-state index is 6.18. The van der Waals surface area contributed by atoms with Gasteiger partial charge in [0.25, 0.3) is 0 Å². The van der Waals surface area contributed by atoms with Gasteiger partial charge in [0.05, 0.1) is 0 Å². The Labute approximate surface area is 88.8 Å². The van der Waals surface area contributed by atoms with Gasteiger partial charge in [-0.25, -0.2) is 0 Å². The number of nitrogens with two attached hydrogens (primary N) is 1. The van der Waals surface area contributed by atoms with Crippen LogP contribution in [0.3, 0.4) is 0 Å². The summed E-state index contributed by atoms with van der Waals surface area (Å²) in [5.74, 6) is 0.767. The fourth-order valence-corrected chi connectivity index (χ4v) is 2.40. The second-order valence-corrected chi connectivity index (χ2v) is 5.53. The van der Waals surface area contributed by atoms with Crippen molar-refractivity contribution in [2.24, 2.45) is 17.1 Å². The molecular formula is C13H25N. The Morgan fingerprint density at radius 2 is 2.00 bits per heavy atom. The van der Waals surface area contributed by atoms with E-state index < -0.39 is 0 Å². The zero-order chi connectivity index (χ0) is 10.6. The standard InChI is InChI=1S/C13H25N/c1-4-5-6-12(14)11-7-9-13(2,3)10-8-11/h4,11-12H,1,5-10,14H2,2-3H3. The minimum Gasteiger partial charge on any atom is -0.327 e. The number of rotatable bonds is 4. The molecule has 0 aromatic rings. The zero-order valence-electron chi connectivity index (χ0n) is 9.76. The van der Waals surface area contributed by atoms with E-state index in [0.29, 0.717) is 11.5 Å². The van der Waals surface area contributed by atoms with Crippen LogP contribution in [0.1, 0.15) is 52.4 Å². The smallest absolute Gasteiger partial charge is 0.00701 e. The van der Waals surface area contributed by atoms with Crippen LogP contribution in [0.2, 0.25) is 0 Å². The molecule has 0 heterocycles. The number of hydrogen-bond acceptors (Lipinski definition) is 1. The topological polar surface area (TPSA) is 26.0 Å². The molecular weight excluding hydrogens is 170 g/mol. The Kier molecular flexibility index (Phi) is 4.18. The summed E-state index contributed by atoms with van der Waals surface area (Å²) in [7, 11) is 0. The van der Waals surface area contributed by atoms with Gasteiger partial charge < -0.3 is 5.73 Å². The van der Waals surface area contributed by atoms with Gasteiger partial charge in [0.15, 0.2) is 0 Å². The van der Waals surface area contributed by atoms with Gasteiger partial charge in [-0.05, 0) is 49.9 Å². The molecule has 1 nitrogen and oxygen atoms in total. The third kappa shape index (κ3) is 3.45. The van der Waals surface area contributed by atoms with Gasteiger partial charge in [0.1, 0.15) is 0 Å². The first-order chi connectivity index (χ1) is 6.55. The molecule has 0 aromatic carbocycles. The van der Waals surface area contributed by atoms with E-state index in [-0.39, 0.29) is 0 Å². The highest BCUT2D eigenvalue weighted by molar-refractivity contribution is 4.84. The largest absolute Gasteiger partial charge is 0.327 e. The SMILES string of the molecule is C=CCCC(N)C1CCC(C)(C)CC1. The summed E-state index contributed by atoms with van der Waals surface area (Å²) in [6.07, 6.45) is 9.51. The van der Waals surface area contributed by atoms with E-state index in [4.69, 9.17) is 5.73 Å². The lowest BCUT2D eigenvalue weighted by atomic mass is 9.71. The highest BCUT2D eigenvalue weighted by Crippen LogP contribution is 2.39. The Balaban J connectivity index is 2.30. The summed E-state index contributed by atoms with van der Waals surface area (Å²) in [6, 6.07) is 0.407. The maximum atomic E-state index is 6.18.